The van der Waals surface area contributed by atoms with Crippen LogP contribution in [0, 0.1) is 5.92 Å². The first-order chi connectivity index (χ1) is 11.6. The second-order valence-corrected chi connectivity index (χ2v) is 5.67. The van der Waals surface area contributed by atoms with E-state index >= 15 is 0 Å². The zero-order chi connectivity index (χ0) is 17.4. The van der Waals surface area contributed by atoms with Crippen LogP contribution in [0.1, 0.15) is 33.1 Å². The molecular formula is C18H24N2O4. The maximum Gasteiger partial charge on any atom is 0.279 e. The van der Waals surface area contributed by atoms with Crippen molar-refractivity contribution in [1.82, 2.24) is 10.9 Å². The van der Waals surface area contributed by atoms with Gasteiger partial charge in [-0.3, -0.25) is 20.4 Å². The standard InChI is InChI=1S/C18H24N2O4/c1-3-23-15-8-10-16(11-9-15)24-13(2)18(22)20-19-17(21)12-14-6-4-5-7-14/h4,6,8-11,13-14H,3,5,7,12H2,1-2H3,(H,19,21)(H,20,22). The van der Waals surface area contributed by atoms with Gasteiger partial charge in [-0.2, -0.15) is 0 Å². The summed E-state index contributed by atoms with van der Waals surface area (Å²) in [5.74, 6) is 0.963. The number of benzene rings is 1. The molecule has 0 aliphatic heterocycles. The Morgan fingerprint density at radius 2 is 1.92 bits per heavy atom. The van der Waals surface area contributed by atoms with Gasteiger partial charge in [0.15, 0.2) is 6.10 Å². The quantitative estimate of drug-likeness (QED) is 0.594. The highest BCUT2D eigenvalue weighted by atomic mass is 16.5. The molecule has 0 saturated carbocycles. The van der Waals surface area contributed by atoms with Crippen molar-refractivity contribution in [3.63, 3.8) is 0 Å². The normalized spacial score (nSPS) is 17.2. The molecule has 6 nitrogen and oxygen atoms in total. The van der Waals surface area contributed by atoms with E-state index in [1.54, 1.807) is 31.2 Å². The molecule has 2 atom stereocenters. The van der Waals surface area contributed by atoms with Gasteiger partial charge in [0.2, 0.25) is 5.91 Å². The molecule has 0 spiro atoms. The average molecular weight is 332 g/mol. The van der Waals surface area contributed by atoms with Crippen LogP contribution in [0.25, 0.3) is 0 Å². The van der Waals surface area contributed by atoms with Crippen LogP contribution in [0.5, 0.6) is 11.5 Å². The number of amides is 2. The molecule has 1 aliphatic carbocycles. The van der Waals surface area contributed by atoms with Crippen LogP contribution in [0.15, 0.2) is 36.4 Å². The summed E-state index contributed by atoms with van der Waals surface area (Å²) in [6.07, 6.45) is 5.76. The lowest BCUT2D eigenvalue weighted by atomic mass is 10.1. The fourth-order valence-corrected chi connectivity index (χ4v) is 2.43. The number of hydrogen-bond donors (Lipinski definition) is 2. The summed E-state index contributed by atoms with van der Waals surface area (Å²) >= 11 is 0. The van der Waals surface area contributed by atoms with E-state index in [0.29, 0.717) is 18.8 Å². The fraction of sp³-hybridized carbons (Fsp3) is 0.444. The molecule has 0 bridgehead atoms. The smallest absolute Gasteiger partial charge is 0.279 e. The van der Waals surface area contributed by atoms with Crippen molar-refractivity contribution in [3.05, 3.63) is 36.4 Å². The maximum absolute atomic E-state index is 12.0. The number of hydrogen-bond acceptors (Lipinski definition) is 4. The SMILES string of the molecule is CCOc1ccc(OC(C)C(=O)NNC(=O)CC2C=CCC2)cc1. The van der Waals surface area contributed by atoms with E-state index in [0.717, 1.165) is 18.6 Å². The molecule has 130 valence electrons. The Morgan fingerprint density at radius 3 is 2.54 bits per heavy atom. The van der Waals surface area contributed by atoms with E-state index in [1.165, 1.54) is 0 Å². The Balaban J connectivity index is 1.72. The number of carbonyl (C=O) groups excluding carboxylic acids is 2. The molecule has 0 saturated heterocycles. The van der Waals surface area contributed by atoms with Crippen LogP contribution in [0.4, 0.5) is 0 Å². The van der Waals surface area contributed by atoms with Gasteiger partial charge in [0.25, 0.3) is 5.91 Å². The van der Waals surface area contributed by atoms with E-state index in [9.17, 15) is 9.59 Å². The number of allylic oxidation sites excluding steroid dienone is 2. The Bertz CT molecular complexity index is 583. The minimum atomic E-state index is -0.727. The van der Waals surface area contributed by atoms with Crippen molar-refractivity contribution in [2.45, 2.75) is 39.2 Å². The van der Waals surface area contributed by atoms with E-state index in [1.807, 2.05) is 13.0 Å². The minimum Gasteiger partial charge on any atom is -0.494 e. The Kier molecular flexibility index (Phi) is 6.66. The van der Waals surface area contributed by atoms with Crippen molar-refractivity contribution in [2.24, 2.45) is 5.92 Å². The van der Waals surface area contributed by atoms with Crippen molar-refractivity contribution in [1.29, 1.82) is 0 Å². The number of nitrogens with one attached hydrogen (secondary N) is 2. The van der Waals surface area contributed by atoms with Crippen LogP contribution < -0.4 is 20.3 Å². The Labute approximate surface area is 142 Å². The first kappa shape index (κ1) is 17.8. The average Bonchev–Trinajstić information content (AvgIpc) is 3.07. The molecule has 1 aliphatic rings. The predicted molar refractivity (Wildman–Crippen MR) is 90.5 cm³/mol. The summed E-state index contributed by atoms with van der Waals surface area (Å²) in [7, 11) is 0. The lowest BCUT2D eigenvalue weighted by Crippen LogP contribution is -2.47. The third-order valence-corrected chi connectivity index (χ3v) is 3.70. The molecule has 2 unspecified atom stereocenters. The molecule has 2 amide bonds. The fourth-order valence-electron chi connectivity index (χ4n) is 2.43. The third kappa shape index (κ3) is 5.61. The lowest BCUT2D eigenvalue weighted by molar-refractivity contribution is -0.133. The molecule has 1 aromatic carbocycles. The van der Waals surface area contributed by atoms with E-state index in [-0.39, 0.29) is 11.8 Å². The Hall–Kier alpha value is -2.50. The van der Waals surface area contributed by atoms with Gasteiger partial charge in [0, 0.05) is 6.42 Å². The summed E-state index contributed by atoms with van der Waals surface area (Å²) in [5.41, 5.74) is 4.83. The van der Waals surface area contributed by atoms with Gasteiger partial charge >= 0.3 is 0 Å². The molecule has 0 aromatic heterocycles. The predicted octanol–water partition coefficient (Wildman–Crippen LogP) is 2.36. The van der Waals surface area contributed by atoms with Crippen molar-refractivity contribution in [3.8, 4) is 11.5 Å². The van der Waals surface area contributed by atoms with Crippen molar-refractivity contribution < 1.29 is 19.1 Å². The molecular weight excluding hydrogens is 308 g/mol. The molecule has 2 N–H and O–H groups in total. The van der Waals surface area contributed by atoms with Gasteiger partial charge in [0.1, 0.15) is 11.5 Å². The molecule has 2 rings (SSSR count). The highest BCUT2D eigenvalue weighted by molar-refractivity contribution is 5.84. The van der Waals surface area contributed by atoms with Gasteiger partial charge in [-0.15, -0.1) is 0 Å². The van der Waals surface area contributed by atoms with E-state index < -0.39 is 12.0 Å². The van der Waals surface area contributed by atoms with Crippen LogP contribution in [-0.4, -0.2) is 24.5 Å². The van der Waals surface area contributed by atoms with E-state index in [4.69, 9.17) is 9.47 Å². The highest BCUT2D eigenvalue weighted by Gasteiger charge is 2.17. The second kappa shape index (κ2) is 8.96. The largest absolute Gasteiger partial charge is 0.494 e. The van der Waals surface area contributed by atoms with Crippen LogP contribution in [0.3, 0.4) is 0 Å². The highest BCUT2D eigenvalue weighted by Crippen LogP contribution is 2.20. The molecule has 0 heterocycles. The topological polar surface area (TPSA) is 76.7 Å². The molecule has 6 heteroatoms. The molecule has 1 aromatic rings. The molecule has 0 fully saturated rings. The summed E-state index contributed by atoms with van der Waals surface area (Å²) in [6, 6.07) is 7.03. The van der Waals surface area contributed by atoms with Crippen LogP contribution in [0.2, 0.25) is 0 Å². The first-order valence-corrected chi connectivity index (χ1v) is 8.23. The lowest BCUT2D eigenvalue weighted by Gasteiger charge is -2.16. The molecule has 24 heavy (non-hydrogen) atoms. The third-order valence-electron chi connectivity index (χ3n) is 3.70. The second-order valence-electron chi connectivity index (χ2n) is 5.67. The van der Waals surface area contributed by atoms with Gasteiger partial charge in [-0.25, -0.2) is 0 Å². The Morgan fingerprint density at radius 1 is 1.21 bits per heavy atom. The number of ether oxygens (including phenoxy) is 2. The summed E-state index contributed by atoms with van der Waals surface area (Å²) in [4.78, 5) is 23.7. The maximum atomic E-state index is 12.0. The monoisotopic (exact) mass is 332 g/mol. The van der Waals surface area contributed by atoms with Gasteiger partial charge in [0.05, 0.1) is 6.61 Å². The van der Waals surface area contributed by atoms with Crippen molar-refractivity contribution in [2.75, 3.05) is 6.61 Å². The van der Waals surface area contributed by atoms with Crippen LogP contribution in [-0.2, 0) is 9.59 Å². The van der Waals surface area contributed by atoms with Gasteiger partial charge < -0.3 is 9.47 Å². The zero-order valence-corrected chi connectivity index (χ0v) is 14.1. The number of rotatable bonds is 7. The van der Waals surface area contributed by atoms with Gasteiger partial charge in [-0.1, -0.05) is 12.2 Å². The first-order valence-electron chi connectivity index (χ1n) is 8.23. The summed E-state index contributed by atoms with van der Waals surface area (Å²) < 4.78 is 10.9. The van der Waals surface area contributed by atoms with Gasteiger partial charge in [-0.05, 0) is 56.9 Å². The number of carbonyl (C=O) groups is 2. The number of hydrazine groups is 1. The molecule has 0 radical (unpaired) electrons. The van der Waals surface area contributed by atoms with E-state index in [2.05, 4.69) is 16.9 Å². The summed E-state index contributed by atoms with van der Waals surface area (Å²) in [6.45, 7) is 4.13. The van der Waals surface area contributed by atoms with Crippen molar-refractivity contribution >= 4 is 11.8 Å². The summed E-state index contributed by atoms with van der Waals surface area (Å²) in [5, 5.41) is 0. The minimum absolute atomic E-state index is 0.201. The zero-order valence-electron chi connectivity index (χ0n) is 14.1. The van der Waals surface area contributed by atoms with Crippen LogP contribution >= 0.6 is 0 Å².